The predicted octanol–water partition coefficient (Wildman–Crippen LogP) is 2.06. The van der Waals surface area contributed by atoms with Gasteiger partial charge in [-0.05, 0) is 23.6 Å². The van der Waals surface area contributed by atoms with Crippen LogP contribution in [0.15, 0.2) is 42.9 Å². The van der Waals surface area contributed by atoms with Crippen LogP contribution in [0.5, 0.6) is 5.75 Å². The van der Waals surface area contributed by atoms with Crippen molar-refractivity contribution in [3.05, 3.63) is 48.7 Å². The summed E-state index contributed by atoms with van der Waals surface area (Å²) < 4.78 is 7.05. The standard InChI is InChI=1S/C14H12N4OS/c1-19-10-3-2-9-4-5-16-13(11(9)8-10)18-7-6-17-14(18)12(15)20/h2-8H,1H3,(H2,15,20). The second-order valence-corrected chi connectivity index (χ2v) is 4.65. The van der Waals surface area contributed by atoms with E-state index in [1.165, 1.54) is 0 Å². The van der Waals surface area contributed by atoms with Gasteiger partial charge < -0.3 is 10.5 Å². The van der Waals surface area contributed by atoms with Crippen molar-refractivity contribution in [2.75, 3.05) is 7.11 Å². The molecule has 0 saturated carbocycles. The zero-order valence-electron chi connectivity index (χ0n) is 10.8. The molecule has 2 N–H and O–H groups in total. The van der Waals surface area contributed by atoms with Gasteiger partial charge in [-0.3, -0.25) is 4.57 Å². The topological polar surface area (TPSA) is 66.0 Å². The summed E-state index contributed by atoms with van der Waals surface area (Å²) in [4.78, 5) is 8.82. The molecule has 0 amide bonds. The fourth-order valence-corrected chi connectivity index (χ4v) is 2.26. The highest BCUT2D eigenvalue weighted by Gasteiger charge is 2.12. The number of hydrogen-bond acceptors (Lipinski definition) is 4. The average molecular weight is 284 g/mol. The fourth-order valence-electron chi connectivity index (χ4n) is 2.11. The molecule has 0 aliphatic heterocycles. The van der Waals surface area contributed by atoms with Gasteiger partial charge in [0.15, 0.2) is 5.82 Å². The Morgan fingerprint density at radius 3 is 2.85 bits per heavy atom. The number of thiocarbonyl (C=S) groups is 1. The number of imidazole rings is 1. The third-order valence-corrected chi connectivity index (χ3v) is 3.22. The number of methoxy groups -OCH3 is 1. The Bertz CT molecular complexity index is 797. The van der Waals surface area contributed by atoms with E-state index in [4.69, 9.17) is 22.7 Å². The Labute approximate surface area is 121 Å². The Hall–Kier alpha value is -2.47. The molecule has 5 nitrogen and oxygen atoms in total. The number of benzene rings is 1. The van der Waals surface area contributed by atoms with E-state index in [1.807, 2.05) is 24.3 Å². The van der Waals surface area contributed by atoms with Crippen LogP contribution >= 0.6 is 12.2 Å². The largest absolute Gasteiger partial charge is 0.497 e. The number of fused-ring (bicyclic) bond motifs is 1. The molecule has 3 aromatic rings. The van der Waals surface area contributed by atoms with Crippen LogP contribution in [0, 0.1) is 0 Å². The lowest BCUT2D eigenvalue weighted by molar-refractivity contribution is 0.415. The Balaban J connectivity index is 2.30. The van der Waals surface area contributed by atoms with Crippen LogP contribution in [0.3, 0.4) is 0 Å². The van der Waals surface area contributed by atoms with Crippen molar-refractivity contribution < 1.29 is 4.74 Å². The van der Waals surface area contributed by atoms with Crippen LogP contribution in [0.25, 0.3) is 16.6 Å². The molecule has 3 rings (SSSR count). The lowest BCUT2D eigenvalue weighted by Gasteiger charge is -2.10. The summed E-state index contributed by atoms with van der Waals surface area (Å²) in [6.07, 6.45) is 5.18. The number of pyridine rings is 1. The van der Waals surface area contributed by atoms with Gasteiger partial charge >= 0.3 is 0 Å². The Morgan fingerprint density at radius 2 is 2.10 bits per heavy atom. The van der Waals surface area contributed by atoms with Crippen molar-refractivity contribution in [1.82, 2.24) is 14.5 Å². The molecule has 0 radical (unpaired) electrons. The van der Waals surface area contributed by atoms with E-state index < -0.39 is 0 Å². The van der Waals surface area contributed by atoms with E-state index in [-0.39, 0.29) is 4.99 Å². The van der Waals surface area contributed by atoms with Crippen molar-refractivity contribution in [2.45, 2.75) is 0 Å². The predicted molar refractivity (Wildman–Crippen MR) is 81.3 cm³/mol. The van der Waals surface area contributed by atoms with Crippen LogP contribution in [0.4, 0.5) is 0 Å². The maximum Gasteiger partial charge on any atom is 0.173 e. The monoisotopic (exact) mass is 284 g/mol. The molecule has 0 saturated heterocycles. The van der Waals surface area contributed by atoms with Gasteiger partial charge in [-0.25, -0.2) is 9.97 Å². The van der Waals surface area contributed by atoms with Crippen LogP contribution in [0.1, 0.15) is 5.82 Å². The van der Waals surface area contributed by atoms with Crippen molar-refractivity contribution in [1.29, 1.82) is 0 Å². The van der Waals surface area contributed by atoms with Crippen LogP contribution in [0.2, 0.25) is 0 Å². The number of aromatic nitrogens is 3. The molecule has 0 atom stereocenters. The number of nitrogens with zero attached hydrogens (tertiary/aromatic N) is 3. The molecule has 0 bridgehead atoms. The van der Waals surface area contributed by atoms with Gasteiger partial charge in [-0.1, -0.05) is 18.3 Å². The minimum absolute atomic E-state index is 0.233. The summed E-state index contributed by atoms with van der Waals surface area (Å²) in [6, 6.07) is 7.77. The Morgan fingerprint density at radius 1 is 1.25 bits per heavy atom. The molecule has 2 heterocycles. The molecule has 0 aliphatic rings. The number of ether oxygens (including phenoxy) is 1. The lowest BCUT2D eigenvalue weighted by atomic mass is 10.1. The molecular weight excluding hydrogens is 272 g/mol. The van der Waals surface area contributed by atoms with E-state index in [2.05, 4.69) is 9.97 Å². The van der Waals surface area contributed by atoms with Gasteiger partial charge in [-0.15, -0.1) is 0 Å². The van der Waals surface area contributed by atoms with Crippen molar-refractivity contribution in [3.63, 3.8) is 0 Å². The first-order valence-corrected chi connectivity index (χ1v) is 6.38. The summed E-state index contributed by atoms with van der Waals surface area (Å²) in [6.45, 7) is 0. The van der Waals surface area contributed by atoms with Gasteiger partial charge in [0.1, 0.15) is 16.6 Å². The maximum atomic E-state index is 5.69. The molecule has 2 aromatic heterocycles. The van der Waals surface area contributed by atoms with Gasteiger partial charge in [0.05, 0.1) is 7.11 Å². The molecule has 0 spiro atoms. The van der Waals surface area contributed by atoms with Crippen molar-refractivity contribution >= 4 is 28.0 Å². The normalized spacial score (nSPS) is 10.7. The average Bonchev–Trinajstić information content (AvgIpc) is 2.95. The Kier molecular flexibility index (Phi) is 3.08. The summed E-state index contributed by atoms with van der Waals surface area (Å²) >= 11 is 5.02. The van der Waals surface area contributed by atoms with E-state index >= 15 is 0 Å². The van der Waals surface area contributed by atoms with Gasteiger partial charge in [0.2, 0.25) is 0 Å². The molecule has 6 heteroatoms. The second-order valence-electron chi connectivity index (χ2n) is 4.21. The van der Waals surface area contributed by atoms with E-state index in [1.54, 1.807) is 30.3 Å². The minimum Gasteiger partial charge on any atom is -0.497 e. The van der Waals surface area contributed by atoms with Gasteiger partial charge in [-0.2, -0.15) is 0 Å². The maximum absolute atomic E-state index is 5.69. The van der Waals surface area contributed by atoms with Gasteiger partial charge in [0.25, 0.3) is 0 Å². The quantitative estimate of drug-likeness (QED) is 0.746. The summed E-state index contributed by atoms with van der Waals surface area (Å²) in [5.74, 6) is 2.01. The van der Waals surface area contributed by atoms with Gasteiger partial charge in [0, 0.05) is 24.0 Å². The molecule has 20 heavy (non-hydrogen) atoms. The van der Waals surface area contributed by atoms with Crippen LogP contribution in [-0.4, -0.2) is 26.6 Å². The number of hydrogen-bond donors (Lipinski definition) is 1. The minimum atomic E-state index is 0.233. The highest BCUT2D eigenvalue weighted by atomic mass is 32.1. The number of rotatable bonds is 3. The summed E-state index contributed by atoms with van der Waals surface area (Å²) in [7, 11) is 1.63. The van der Waals surface area contributed by atoms with Crippen molar-refractivity contribution in [3.8, 4) is 11.6 Å². The zero-order chi connectivity index (χ0) is 14.1. The third kappa shape index (κ3) is 2.00. The molecule has 1 aromatic carbocycles. The van der Waals surface area contributed by atoms with Crippen LogP contribution < -0.4 is 10.5 Å². The third-order valence-electron chi connectivity index (χ3n) is 3.04. The first-order valence-electron chi connectivity index (χ1n) is 5.97. The highest BCUT2D eigenvalue weighted by Crippen LogP contribution is 2.25. The lowest BCUT2D eigenvalue weighted by Crippen LogP contribution is -2.16. The first kappa shape index (κ1) is 12.6. The molecule has 0 unspecified atom stereocenters. The fraction of sp³-hybridized carbons (Fsp3) is 0.0714. The van der Waals surface area contributed by atoms with Crippen LogP contribution in [-0.2, 0) is 0 Å². The second kappa shape index (κ2) is 4.90. The molecular formula is C14H12N4OS. The molecule has 0 aliphatic carbocycles. The molecule has 0 fully saturated rings. The smallest absolute Gasteiger partial charge is 0.173 e. The SMILES string of the molecule is COc1ccc2ccnc(-n3ccnc3C(N)=S)c2c1. The first-order chi connectivity index (χ1) is 9.70. The van der Waals surface area contributed by atoms with E-state index in [0.717, 1.165) is 22.3 Å². The summed E-state index contributed by atoms with van der Waals surface area (Å²) in [5, 5.41) is 2.00. The molecule has 100 valence electrons. The highest BCUT2D eigenvalue weighted by molar-refractivity contribution is 7.80. The van der Waals surface area contributed by atoms with Crippen molar-refractivity contribution in [2.24, 2.45) is 5.73 Å². The van der Waals surface area contributed by atoms with E-state index in [0.29, 0.717) is 5.82 Å². The van der Waals surface area contributed by atoms with E-state index in [9.17, 15) is 0 Å². The summed E-state index contributed by atoms with van der Waals surface area (Å²) in [5.41, 5.74) is 5.69. The number of nitrogens with two attached hydrogens (primary N) is 1. The zero-order valence-corrected chi connectivity index (χ0v) is 11.6.